The minimum atomic E-state index is -0.130. The number of hydrogen-bond donors (Lipinski definition) is 0. The highest BCUT2D eigenvalue weighted by Gasteiger charge is 2.15. The molecule has 1 atom stereocenters. The Morgan fingerprint density at radius 3 is 2.88 bits per heavy atom. The van der Waals surface area contributed by atoms with Crippen LogP contribution in [0.25, 0.3) is 16.0 Å². The van der Waals surface area contributed by atoms with Crippen molar-refractivity contribution in [2.45, 2.75) is 12.8 Å². The molecule has 8 heteroatoms. The van der Waals surface area contributed by atoms with Crippen molar-refractivity contribution in [3.63, 3.8) is 0 Å². The third-order valence-electron chi connectivity index (χ3n) is 4.09. The van der Waals surface area contributed by atoms with Crippen molar-refractivity contribution >= 4 is 21.6 Å². The van der Waals surface area contributed by atoms with Crippen LogP contribution >= 0.6 is 11.3 Å². The fourth-order valence-electron chi connectivity index (χ4n) is 2.74. The average Bonchev–Trinajstić information content (AvgIpc) is 3.25. The summed E-state index contributed by atoms with van der Waals surface area (Å²) in [4.78, 5) is 16.9. The SMILES string of the molecule is COn1c(=O)sc2cc(C(C)c3ccn(-c4cccnn4)n3)ccc21. The van der Waals surface area contributed by atoms with E-state index < -0.39 is 0 Å². The third kappa shape index (κ3) is 2.70. The number of nitrogens with zero attached hydrogens (tertiary/aromatic N) is 5. The Balaban J connectivity index is 1.69. The lowest BCUT2D eigenvalue weighted by Gasteiger charge is -2.09. The van der Waals surface area contributed by atoms with E-state index >= 15 is 0 Å². The number of thiazole rings is 1. The summed E-state index contributed by atoms with van der Waals surface area (Å²) < 4.78 is 3.90. The second kappa shape index (κ2) is 6.14. The van der Waals surface area contributed by atoms with Crippen LogP contribution in [0.3, 0.4) is 0 Å². The normalized spacial score (nSPS) is 12.4. The van der Waals surface area contributed by atoms with E-state index in [4.69, 9.17) is 4.84 Å². The fourth-order valence-corrected chi connectivity index (χ4v) is 3.63. The highest BCUT2D eigenvalue weighted by atomic mass is 32.1. The van der Waals surface area contributed by atoms with Gasteiger partial charge >= 0.3 is 4.87 Å². The van der Waals surface area contributed by atoms with Crippen LogP contribution in [0.1, 0.15) is 24.1 Å². The Labute approximate surface area is 147 Å². The van der Waals surface area contributed by atoms with Gasteiger partial charge in [-0.25, -0.2) is 4.68 Å². The van der Waals surface area contributed by atoms with Gasteiger partial charge < -0.3 is 4.84 Å². The lowest BCUT2D eigenvalue weighted by atomic mass is 9.98. The third-order valence-corrected chi connectivity index (χ3v) is 4.98. The molecular weight excluding hydrogens is 338 g/mol. The molecule has 4 rings (SSSR count). The molecule has 1 unspecified atom stereocenters. The average molecular weight is 353 g/mol. The summed E-state index contributed by atoms with van der Waals surface area (Å²) in [5, 5.41) is 12.5. The zero-order valence-corrected chi connectivity index (χ0v) is 14.5. The molecule has 25 heavy (non-hydrogen) atoms. The van der Waals surface area contributed by atoms with Gasteiger partial charge in [-0.2, -0.15) is 10.2 Å². The lowest BCUT2D eigenvalue weighted by molar-refractivity contribution is 0.173. The first-order chi connectivity index (χ1) is 12.2. The molecule has 0 fully saturated rings. The van der Waals surface area contributed by atoms with Crippen LogP contribution in [-0.2, 0) is 0 Å². The predicted octanol–water partition coefficient (Wildman–Crippen LogP) is 2.25. The standard InChI is InChI=1S/C17H15N5O2S/c1-11(13-7-9-21(20-13)16-4-3-8-18-19-16)12-5-6-14-15(10-12)25-17(23)22(14)24-2/h3-11H,1-2H3. The number of aromatic nitrogens is 5. The molecule has 7 nitrogen and oxygen atoms in total. The Kier molecular flexibility index (Phi) is 3.81. The van der Waals surface area contributed by atoms with Crippen LogP contribution in [-0.4, -0.2) is 31.8 Å². The molecule has 3 heterocycles. The van der Waals surface area contributed by atoms with Gasteiger partial charge in [0.25, 0.3) is 0 Å². The highest BCUT2D eigenvalue weighted by Crippen LogP contribution is 2.27. The van der Waals surface area contributed by atoms with Gasteiger partial charge in [-0.1, -0.05) is 24.3 Å². The summed E-state index contributed by atoms with van der Waals surface area (Å²) in [5.41, 5.74) is 2.78. The molecule has 0 amide bonds. The molecule has 3 aromatic heterocycles. The molecule has 0 bridgehead atoms. The van der Waals surface area contributed by atoms with Gasteiger partial charge in [0.05, 0.1) is 10.4 Å². The predicted molar refractivity (Wildman–Crippen MR) is 95.3 cm³/mol. The maximum absolute atomic E-state index is 11.9. The second-order valence-electron chi connectivity index (χ2n) is 5.56. The van der Waals surface area contributed by atoms with E-state index in [1.807, 2.05) is 42.6 Å². The van der Waals surface area contributed by atoms with Gasteiger partial charge in [-0.15, -0.1) is 9.83 Å². The van der Waals surface area contributed by atoms with Crippen molar-refractivity contribution < 1.29 is 4.84 Å². The van der Waals surface area contributed by atoms with E-state index in [9.17, 15) is 4.79 Å². The molecule has 126 valence electrons. The summed E-state index contributed by atoms with van der Waals surface area (Å²) >= 11 is 1.17. The van der Waals surface area contributed by atoms with E-state index in [2.05, 4.69) is 22.2 Å². The summed E-state index contributed by atoms with van der Waals surface area (Å²) in [7, 11) is 1.49. The van der Waals surface area contributed by atoms with Gasteiger partial charge in [0, 0.05) is 18.3 Å². The van der Waals surface area contributed by atoms with Crippen LogP contribution in [0.15, 0.2) is 53.6 Å². The van der Waals surface area contributed by atoms with E-state index in [1.165, 1.54) is 23.2 Å². The number of rotatable bonds is 4. The van der Waals surface area contributed by atoms with E-state index in [1.54, 1.807) is 10.9 Å². The molecule has 0 aliphatic carbocycles. The summed E-state index contributed by atoms with van der Waals surface area (Å²) in [6.45, 7) is 2.08. The molecular formula is C17H15N5O2S. The first-order valence-electron chi connectivity index (χ1n) is 7.71. The maximum atomic E-state index is 11.9. The number of benzene rings is 1. The maximum Gasteiger partial charge on any atom is 0.340 e. The van der Waals surface area contributed by atoms with Crippen molar-refractivity contribution in [3.8, 4) is 5.82 Å². The Hall–Kier alpha value is -3.00. The van der Waals surface area contributed by atoms with Gasteiger partial charge in [0.15, 0.2) is 5.82 Å². The van der Waals surface area contributed by atoms with E-state index in [-0.39, 0.29) is 10.8 Å². The smallest absolute Gasteiger partial charge is 0.340 e. The van der Waals surface area contributed by atoms with Gasteiger partial charge in [0.2, 0.25) is 0 Å². The van der Waals surface area contributed by atoms with Crippen molar-refractivity contribution in [2.24, 2.45) is 0 Å². The largest absolute Gasteiger partial charge is 0.413 e. The van der Waals surface area contributed by atoms with Crippen molar-refractivity contribution in [3.05, 3.63) is 69.7 Å². The van der Waals surface area contributed by atoms with Crippen LogP contribution in [0.2, 0.25) is 0 Å². The van der Waals surface area contributed by atoms with Gasteiger partial charge in [0.1, 0.15) is 12.6 Å². The summed E-state index contributed by atoms with van der Waals surface area (Å²) in [6, 6.07) is 11.6. The first kappa shape index (κ1) is 15.5. The van der Waals surface area contributed by atoms with Gasteiger partial charge in [-0.3, -0.25) is 4.79 Å². The Morgan fingerprint density at radius 1 is 1.24 bits per heavy atom. The summed E-state index contributed by atoms with van der Waals surface area (Å²) in [5.74, 6) is 0.752. The van der Waals surface area contributed by atoms with Crippen LogP contribution in [0.4, 0.5) is 0 Å². The minimum absolute atomic E-state index is 0.0792. The topological polar surface area (TPSA) is 74.8 Å². The Morgan fingerprint density at radius 2 is 2.12 bits per heavy atom. The van der Waals surface area contributed by atoms with E-state index in [0.717, 1.165) is 21.5 Å². The lowest BCUT2D eigenvalue weighted by Crippen LogP contribution is -2.18. The molecule has 0 saturated heterocycles. The monoisotopic (exact) mass is 353 g/mol. The quantitative estimate of drug-likeness (QED) is 0.562. The molecule has 0 saturated carbocycles. The van der Waals surface area contributed by atoms with E-state index in [0.29, 0.717) is 5.82 Å². The zero-order chi connectivity index (χ0) is 17.4. The van der Waals surface area contributed by atoms with Crippen LogP contribution in [0.5, 0.6) is 0 Å². The molecule has 0 N–H and O–H groups in total. The number of fused-ring (bicyclic) bond motifs is 1. The molecule has 0 aliphatic rings. The van der Waals surface area contributed by atoms with Crippen LogP contribution < -0.4 is 9.71 Å². The molecule has 0 radical (unpaired) electrons. The molecule has 4 aromatic rings. The summed E-state index contributed by atoms with van der Waals surface area (Å²) in [6.07, 6.45) is 3.50. The highest BCUT2D eigenvalue weighted by molar-refractivity contribution is 7.16. The van der Waals surface area contributed by atoms with Gasteiger partial charge in [-0.05, 0) is 35.9 Å². The first-order valence-corrected chi connectivity index (χ1v) is 8.52. The second-order valence-corrected chi connectivity index (χ2v) is 6.55. The minimum Gasteiger partial charge on any atom is -0.413 e. The molecule has 0 aliphatic heterocycles. The van der Waals surface area contributed by atoms with Crippen LogP contribution in [0, 0.1) is 0 Å². The molecule has 1 aromatic carbocycles. The zero-order valence-electron chi connectivity index (χ0n) is 13.7. The van der Waals surface area contributed by atoms with Crippen molar-refractivity contribution in [2.75, 3.05) is 7.11 Å². The number of hydrogen-bond acceptors (Lipinski definition) is 6. The van der Waals surface area contributed by atoms with Crippen molar-refractivity contribution in [1.82, 2.24) is 24.7 Å². The fraction of sp³-hybridized carbons (Fsp3) is 0.176. The van der Waals surface area contributed by atoms with Crippen molar-refractivity contribution in [1.29, 1.82) is 0 Å². The Bertz CT molecular complexity index is 1080. The molecule has 0 spiro atoms.